The van der Waals surface area contributed by atoms with Gasteiger partial charge < -0.3 is 11.1 Å². The zero-order chi connectivity index (χ0) is 18.4. The lowest BCUT2D eigenvalue weighted by Crippen LogP contribution is -2.24. The van der Waals surface area contributed by atoms with Crippen LogP contribution >= 0.6 is 22.9 Å². The van der Waals surface area contributed by atoms with Crippen LogP contribution in [0.3, 0.4) is 0 Å². The van der Waals surface area contributed by atoms with Crippen molar-refractivity contribution < 1.29 is 8.42 Å². The largest absolute Gasteiger partial charge is 0.368 e. The highest BCUT2D eigenvalue weighted by Crippen LogP contribution is 2.49. The molecule has 1 fully saturated rings. The molecule has 5 N–H and O–H groups in total. The van der Waals surface area contributed by atoms with Crippen molar-refractivity contribution in [2.45, 2.75) is 48.8 Å². The third kappa shape index (κ3) is 4.02. The van der Waals surface area contributed by atoms with Crippen molar-refractivity contribution in [1.82, 2.24) is 15.0 Å². The van der Waals surface area contributed by atoms with Gasteiger partial charge in [0.05, 0.1) is 11.4 Å². The maximum atomic E-state index is 11.7. The predicted molar refractivity (Wildman–Crippen MR) is 98.4 cm³/mol. The highest BCUT2D eigenvalue weighted by molar-refractivity contribution is 7.91. The van der Waals surface area contributed by atoms with Crippen LogP contribution in [0, 0.1) is 0 Å². The van der Waals surface area contributed by atoms with Gasteiger partial charge in [0.25, 0.3) is 0 Å². The first kappa shape index (κ1) is 18.3. The normalized spacial score (nSPS) is 20.5. The summed E-state index contributed by atoms with van der Waals surface area (Å²) in [5.41, 5.74) is 7.09. The molecule has 2 aromatic heterocycles. The van der Waals surface area contributed by atoms with Crippen LogP contribution in [0.5, 0.6) is 0 Å². The van der Waals surface area contributed by atoms with E-state index in [0.717, 1.165) is 17.0 Å². The Bertz CT molecular complexity index is 893. The molecule has 2 heterocycles. The van der Waals surface area contributed by atoms with Crippen LogP contribution in [0.25, 0.3) is 0 Å². The zero-order valence-corrected chi connectivity index (χ0v) is 16.1. The molecule has 25 heavy (non-hydrogen) atoms. The maximum absolute atomic E-state index is 11.7. The number of sulfonamides is 1. The number of nitrogens with two attached hydrogens (primary N) is 2. The van der Waals surface area contributed by atoms with Gasteiger partial charge in [-0.15, -0.1) is 0 Å². The summed E-state index contributed by atoms with van der Waals surface area (Å²) in [6, 6.07) is 2.11. The number of nitrogens with zero attached hydrogens (tertiary/aromatic N) is 3. The van der Waals surface area contributed by atoms with E-state index in [4.69, 9.17) is 22.5 Å². The van der Waals surface area contributed by atoms with Crippen molar-refractivity contribution in [2.75, 3.05) is 11.1 Å². The average molecular weight is 403 g/mol. The monoisotopic (exact) mass is 402 g/mol. The number of halogens is 1. The standard InChI is InChI=1S/C14H19ClN6O2S2/c1-6(2)18-10-5-9(19-14(16)20-10)7-3-8(4-7)11-12(25(17,22)23)24-13(15)21-11/h5-8H,3-4H2,1-2H3,(H2,17,22,23)(H3,16,18,19,20). The predicted octanol–water partition coefficient (Wildman–Crippen LogP) is 2.30. The first-order valence-electron chi connectivity index (χ1n) is 7.73. The fourth-order valence-electron chi connectivity index (χ4n) is 2.90. The van der Waals surface area contributed by atoms with Gasteiger partial charge in [-0.25, -0.2) is 23.5 Å². The van der Waals surface area contributed by atoms with Crippen LogP contribution in [0.2, 0.25) is 4.47 Å². The summed E-state index contributed by atoms with van der Waals surface area (Å²) in [5, 5.41) is 8.47. The van der Waals surface area contributed by atoms with Crippen molar-refractivity contribution in [2.24, 2.45) is 5.14 Å². The van der Waals surface area contributed by atoms with Crippen LogP contribution in [0.15, 0.2) is 10.3 Å². The quantitative estimate of drug-likeness (QED) is 0.697. The molecule has 0 bridgehead atoms. The van der Waals surface area contributed by atoms with Crippen LogP contribution in [-0.2, 0) is 10.0 Å². The van der Waals surface area contributed by atoms with Crippen molar-refractivity contribution in [1.29, 1.82) is 0 Å². The molecule has 0 amide bonds. The summed E-state index contributed by atoms with van der Waals surface area (Å²) in [7, 11) is -3.83. The summed E-state index contributed by atoms with van der Waals surface area (Å²) in [6.07, 6.45) is 1.42. The molecule has 2 aromatic rings. The van der Waals surface area contributed by atoms with Gasteiger partial charge in [0.15, 0.2) is 8.68 Å². The van der Waals surface area contributed by atoms with E-state index < -0.39 is 10.0 Å². The lowest BCUT2D eigenvalue weighted by Gasteiger charge is -2.34. The molecule has 0 unspecified atom stereocenters. The Morgan fingerprint density at radius 3 is 2.56 bits per heavy atom. The van der Waals surface area contributed by atoms with Gasteiger partial charge in [0.1, 0.15) is 5.82 Å². The van der Waals surface area contributed by atoms with E-state index in [1.54, 1.807) is 0 Å². The van der Waals surface area contributed by atoms with Crippen LogP contribution in [0.4, 0.5) is 11.8 Å². The maximum Gasteiger partial charge on any atom is 0.249 e. The molecule has 11 heteroatoms. The summed E-state index contributed by atoms with van der Waals surface area (Å²) in [4.78, 5) is 12.6. The zero-order valence-electron chi connectivity index (χ0n) is 13.7. The molecule has 1 aliphatic carbocycles. The summed E-state index contributed by atoms with van der Waals surface area (Å²) < 4.78 is 23.6. The van der Waals surface area contributed by atoms with Gasteiger partial charge in [-0.1, -0.05) is 22.9 Å². The molecule has 0 aliphatic heterocycles. The minimum Gasteiger partial charge on any atom is -0.368 e. The Morgan fingerprint density at radius 1 is 1.28 bits per heavy atom. The number of thiazole rings is 1. The number of nitrogen functional groups attached to an aromatic ring is 1. The third-order valence-corrected chi connectivity index (χ3v) is 6.64. The van der Waals surface area contributed by atoms with E-state index in [1.807, 2.05) is 19.9 Å². The summed E-state index contributed by atoms with van der Waals surface area (Å²) in [5.74, 6) is 1.05. The molecule has 1 aliphatic rings. The highest BCUT2D eigenvalue weighted by atomic mass is 35.5. The Morgan fingerprint density at radius 2 is 1.96 bits per heavy atom. The summed E-state index contributed by atoms with van der Waals surface area (Å²) >= 11 is 6.78. The van der Waals surface area contributed by atoms with E-state index in [2.05, 4.69) is 20.3 Å². The van der Waals surface area contributed by atoms with Gasteiger partial charge in [-0.2, -0.15) is 4.98 Å². The van der Waals surface area contributed by atoms with Crippen LogP contribution in [0.1, 0.15) is 49.9 Å². The minimum absolute atomic E-state index is 0.0141. The number of aromatic nitrogens is 3. The SMILES string of the molecule is CC(C)Nc1cc(C2CC(c3nc(Cl)sc3S(N)(=O)=O)C2)nc(N)n1. The second-order valence-electron chi connectivity index (χ2n) is 6.39. The van der Waals surface area contributed by atoms with E-state index in [1.165, 1.54) is 0 Å². The summed E-state index contributed by atoms with van der Waals surface area (Å²) in [6.45, 7) is 4.02. The number of primary sulfonamides is 1. The van der Waals surface area contributed by atoms with Gasteiger partial charge in [-0.3, -0.25) is 0 Å². The average Bonchev–Trinajstić information content (AvgIpc) is 2.77. The van der Waals surface area contributed by atoms with Gasteiger partial charge >= 0.3 is 0 Å². The molecule has 136 valence electrons. The number of hydrogen-bond donors (Lipinski definition) is 3. The number of anilines is 2. The molecule has 1 saturated carbocycles. The molecular formula is C14H19ClN6O2S2. The Labute approximate surface area is 155 Å². The number of hydrogen-bond acceptors (Lipinski definition) is 8. The molecule has 0 radical (unpaired) electrons. The third-order valence-electron chi connectivity index (χ3n) is 4.00. The Hall–Kier alpha value is -1.49. The first-order chi connectivity index (χ1) is 11.6. The first-order valence-corrected chi connectivity index (χ1v) is 10.5. The number of rotatable bonds is 5. The van der Waals surface area contributed by atoms with E-state index in [9.17, 15) is 8.42 Å². The van der Waals surface area contributed by atoms with Gasteiger partial charge in [0, 0.05) is 23.9 Å². The molecule has 0 aromatic carbocycles. The van der Waals surface area contributed by atoms with Crippen molar-refractivity contribution in [3.05, 3.63) is 21.9 Å². The molecule has 0 spiro atoms. The molecule has 0 atom stereocenters. The van der Waals surface area contributed by atoms with Crippen molar-refractivity contribution >= 4 is 44.7 Å². The fourth-order valence-corrected chi connectivity index (χ4v) is 5.18. The highest BCUT2D eigenvalue weighted by Gasteiger charge is 2.38. The lowest BCUT2D eigenvalue weighted by molar-refractivity contribution is 0.336. The molecular weight excluding hydrogens is 384 g/mol. The van der Waals surface area contributed by atoms with E-state index >= 15 is 0 Å². The molecule has 8 nitrogen and oxygen atoms in total. The van der Waals surface area contributed by atoms with Crippen LogP contribution < -0.4 is 16.2 Å². The van der Waals surface area contributed by atoms with Crippen molar-refractivity contribution in [3.63, 3.8) is 0 Å². The smallest absolute Gasteiger partial charge is 0.249 e. The van der Waals surface area contributed by atoms with E-state index in [0.29, 0.717) is 24.4 Å². The fraction of sp³-hybridized carbons (Fsp3) is 0.500. The Balaban J connectivity index is 1.78. The molecule has 0 saturated heterocycles. The van der Waals surface area contributed by atoms with Crippen LogP contribution in [-0.4, -0.2) is 29.4 Å². The van der Waals surface area contributed by atoms with Gasteiger partial charge in [-0.05, 0) is 26.7 Å². The number of nitrogens with one attached hydrogen (secondary N) is 1. The second-order valence-corrected chi connectivity index (χ2v) is 9.72. The van der Waals surface area contributed by atoms with Gasteiger partial charge in [0.2, 0.25) is 16.0 Å². The molecule has 3 rings (SSSR count). The lowest BCUT2D eigenvalue weighted by atomic mass is 9.72. The Kier molecular flexibility index (Phi) is 4.89. The second kappa shape index (κ2) is 6.67. The van der Waals surface area contributed by atoms with E-state index in [-0.39, 0.29) is 32.5 Å². The topological polar surface area (TPSA) is 137 Å². The minimum atomic E-state index is -3.83. The van der Waals surface area contributed by atoms with Crippen molar-refractivity contribution in [3.8, 4) is 0 Å².